The van der Waals surface area contributed by atoms with E-state index >= 15 is 0 Å². The van der Waals surface area contributed by atoms with Crippen molar-refractivity contribution >= 4 is 56.3 Å². The van der Waals surface area contributed by atoms with E-state index in [-0.39, 0.29) is 6.61 Å². The van der Waals surface area contributed by atoms with E-state index in [2.05, 4.69) is 47.9 Å². The van der Waals surface area contributed by atoms with E-state index in [1.54, 1.807) is 33.4 Å². The summed E-state index contributed by atoms with van der Waals surface area (Å²) in [5.41, 5.74) is 11.2. The molecule has 15 heteroatoms. The zero-order chi connectivity index (χ0) is 46.7. The predicted octanol–water partition coefficient (Wildman–Crippen LogP) is 10.7. The van der Waals surface area contributed by atoms with Crippen LogP contribution in [0, 0.1) is 22.7 Å². The van der Waals surface area contributed by atoms with Gasteiger partial charge in [0.1, 0.15) is 23.6 Å². The van der Waals surface area contributed by atoms with Gasteiger partial charge in [-0.15, -0.1) is 0 Å². The van der Waals surface area contributed by atoms with E-state index in [0.717, 1.165) is 57.5 Å². The number of nitriles is 2. The number of carbonyl (C=O) groups excluding carboxylic acids is 2. The minimum atomic E-state index is -0.721. The van der Waals surface area contributed by atoms with E-state index in [4.69, 9.17) is 36.7 Å². The summed E-state index contributed by atoms with van der Waals surface area (Å²) in [6.07, 6.45) is 4.70. The van der Waals surface area contributed by atoms with E-state index in [1.165, 1.54) is 19.6 Å². The lowest BCUT2D eigenvalue weighted by Gasteiger charge is -2.13. The zero-order valence-electron chi connectivity index (χ0n) is 37.5. The molecule has 336 valence electrons. The first-order valence-corrected chi connectivity index (χ1v) is 21.0. The summed E-state index contributed by atoms with van der Waals surface area (Å²) in [5.74, 6) is 1.55. The Kier molecular flexibility index (Phi) is 23.9. The third-order valence-corrected chi connectivity index (χ3v) is 9.13. The van der Waals surface area contributed by atoms with Crippen LogP contribution in [0.2, 0.25) is 0 Å². The number of aliphatic hydroxyl groups excluding tert-OH is 1. The number of aliphatic hydroxyl groups is 1. The number of anilines is 2. The quantitative estimate of drug-likeness (QED) is 0.0783. The smallest absolute Gasteiger partial charge is 0.411 e. The molecule has 63 heavy (non-hydrogen) atoms. The molecule has 0 radical (unpaired) electrons. The Morgan fingerprint density at radius 3 is 1.49 bits per heavy atom. The molecular formula is C48H60ClN7O7. The molecule has 0 spiro atoms. The van der Waals surface area contributed by atoms with Crippen molar-refractivity contribution < 1.29 is 33.6 Å². The Hall–Kier alpha value is -6.71. The Morgan fingerprint density at radius 2 is 1.13 bits per heavy atom. The third kappa shape index (κ3) is 16.6. The molecular weight excluding hydrogens is 822 g/mol. The molecule has 1 amide bonds. The summed E-state index contributed by atoms with van der Waals surface area (Å²) < 4.78 is 23.6. The van der Waals surface area contributed by atoms with Crippen LogP contribution in [-0.4, -0.2) is 84.3 Å². The average Bonchev–Trinajstić information content (AvgIpc) is 3.86. The monoisotopic (exact) mass is 881 g/mol. The number of hydrogen-bond acceptors (Lipinski definition) is 11. The number of fused-ring (bicyclic) bond motifs is 2. The molecule has 2 heterocycles. The lowest BCUT2D eigenvalue weighted by atomic mass is 10.2. The van der Waals surface area contributed by atoms with Crippen LogP contribution >= 0.6 is 11.6 Å². The second-order valence-corrected chi connectivity index (χ2v) is 13.5. The van der Waals surface area contributed by atoms with E-state index in [1.807, 2.05) is 108 Å². The van der Waals surface area contributed by atoms with Gasteiger partial charge < -0.3 is 43.8 Å². The van der Waals surface area contributed by atoms with Gasteiger partial charge >= 0.3 is 11.5 Å². The molecule has 0 aliphatic heterocycles. The molecule has 0 aliphatic carbocycles. The predicted molar refractivity (Wildman–Crippen MR) is 252 cm³/mol. The van der Waals surface area contributed by atoms with Crippen LogP contribution in [0.15, 0.2) is 97.3 Å². The molecule has 6 rings (SSSR count). The fourth-order valence-corrected chi connectivity index (χ4v) is 5.92. The molecule has 4 aromatic carbocycles. The van der Waals surface area contributed by atoms with E-state index in [9.17, 15) is 20.1 Å². The highest BCUT2D eigenvalue weighted by Gasteiger charge is 2.13. The maximum absolute atomic E-state index is 11.8. The van der Waals surface area contributed by atoms with Gasteiger partial charge in [-0.1, -0.05) is 34.6 Å². The first kappa shape index (κ1) is 52.4. The number of aromatic nitrogens is 2. The van der Waals surface area contributed by atoms with Crippen molar-refractivity contribution in [3.63, 3.8) is 0 Å². The number of nitrogen functional groups attached to an aromatic ring is 1. The lowest BCUT2D eigenvalue weighted by Crippen LogP contribution is -2.21. The van der Waals surface area contributed by atoms with Crippen molar-refractivity contribution in [3.8, 4) is 35.0 Å². The SMILES string of the molecule is CCCOC(=O)Cl.CCCOC(=O)Nc1ccc2c(C#N)cn(-c3ccc(OC)cc3)c2c1.CCN(CC)CC.CCO.COc1ccc(-n2cc(C#N)c3ccc(N)cc32)cc1. The second-order valence-electron chi connectivity index (χ2n) is 13.2. The number of nitrogens with zero attached hydrogens (tertiary/aromatic N) is 5. The van der Waals surface area contributed by atoms with Crippen LogP contribution in [0.1, 0.15) is 65.5 Å². The lowest BCUT2D eigenvalue weighted by molar-refractivity contribution is 0.161. The number of hydrogen-bond donors (Lipinski definition) is 3. The van der Waals surface area contributed by atoms with Gasteiger partial charge in [0.15, 0.2) is 0 Å². The largest absolute Gasteiger partial charge is 0.497 e. The van der Waals surface area contributed by atoms with Gasteiger partial charge in [0, 0.05) is 64.1 Å². The molecule has 0 atom stereocenters. The fraction of sp³-hybridized carbons (Fsp3) is 0.333. The van der Waals surface area contributed by atoms with Gasteiger partial charge in [0.05, 0.1) is 49.6 Å². The van der Waals surface area contributed by atoms with Gasteiger partial charge in [0.25, 0.3) is 0 Å². The Labute approximate surface area is 375 Å². The average molecular weight is 883 g/mol. The van der Waals surface area contributed by atoms with E-state index < -0.39 is 11.5 Å². The highest BCUT2D eigenvalue weighted by molar-refractivity contribution is 6.61. The van der Waals surface area contributed by atoms with Crippen molar-refractivity contribution in [2.24, 2.45) is 0 Å². The molecule has 0 bridgehead atoms. The highest BCUT2D eigenvalue weighted by atomic mass is 35.5. The van der Waals surface area contributed by atoms with Crippen LogP contribution < -0.4 is 20.5 Å². The number of benzene rings is 4. The van der Waals surface area contributed by atoms with Crippen molar-refractivity contribution in [2.75, 3.05) is 64.7 Å². The fourth-order valence-electron chi connectivity index (χ4n) is 5.84. The molecule has 0 saturated heterocycles. The zero-order valence-corrected chi connectivity index (χ0v) is 38.2. The maximum Gasteiger partial charge on any atom is 0.411 e. The standard InChI is InChI=1S/C20H19N3O3.C16H13N3O.C6H15N.C4H7ClO2.C2H6O/c1-3-10-26-20(24)22-15-4-9-18-14(12-21)13-23(19(18)11-15)16-5-7-17(25-2)8-6-16;1-20-14-5-3-13(4-6-14)19-10-11(9-17)15-7-2-12(18)8-16(15)19;1-4-7(5-2)6-3;1-2-3-7-4(5)6;1-2-3/h4-9,11,13H,3,10H2,1-2H3,(H,22,24);2-8,10H,18H2,1H3;4-6H2,1-3H3;2-3H2,1H3;3H,2H2,1H3. The number of nitrogens with two attached hydrogens (primary N) is 1. The van der Waals surface area contributed by atoms with Crippen molar-refractivity contribution in [1.29, 1.82) is 10.5 Å². The second kappa shape index (κ2) is 28.7. The summed E-state index contributed by atoms with van der Waals surface area (Å²) in [4.78, 5) is 23.9. The minimum Gasteiger partial charge on any atom is -0.497 e. The molecule has 4 N–H and O–H groups in total. The molecule has 0 aliphatic rings. The summed E-state index contributed by atoms with van der Waals surface area (Å²) in [5, 5.41) is 30.7. The minimum absolute atomic E-state index is 0.250. The summed E-state index contributed by atoms with van der Waals surface area (Å²) in [6, 6.07) is 30.6. The number of nitrogens with one attached hydrogen (secondary N) is 1. The van der Waals surface area contributed by atoms with Gasteiger partial charge in [-0.05, 0) is 124 Å². The number of amides is 1. The van der Waals surface area contributed by atoms with E-state index in [0.29, 0.717) is 35.7 Å². The molecule has 6 aromatic rings. The van der Waals surface area contributed by atoms with Crippen molar-refractivity contribution in [1.82, 2.24) is 14.0 Å². The molecule has 14 nitrogen and oxygen atoms in total. The number of halogens is 1. The third-order valence-electron chi connectivity index (χ3n) is 9.02. The van der Waals surface area contributed by atoms with Gasteiger partial charge in [0.2, 0.25) is 0 Å². The number of rotatable bonds is 12. The number of carbonyl (C=O) groups is 2. The van der Waals surface area contributed by atoms with Crippen LogP contribution in [0.4, 0.5) is 21.0 Å². The normalized spacial score (nSPS) is 9.92. The summed E-state index contributed by atoms with van der Waals surface area (Å²) >= 11 is 4.80. The molecule has 2 aromatic heterocycles. The number of ether oxygens (including phenoxy) is 4. The van der Waals surface area contributed by atoms with Gasteiger partial charge in [-0.25, -0.2) is 9.59 Å². The number of methoxy groups -OCH3 is 2. The van der Waals surface area contributed by atoms with Crippen molar-refractivity contribution in [3.05, 3.63) is 108 Å². The Balaban J connectivity index is 0.000000323. The molecule has 0 saturated carbocycles. The van der Waals surface area contributed by atoms with Crippen LogP contribution in [0.3, 0.4) is 0 Å². The van der Waals surface area contributed by atoms with Crippen LogP contribution in [0.5, 0.6) is 11.5 Å². The summed E-state index contributed by atoms with van der Waals surface area (Å²) in [7, 11) is 3.25. The molecule has 0 fully saturated rings. The topological polar surface area (TPSA) is 190 Å². The van der Waals surface area contributed by atoms with Crippen LogP contribution in [-0.2, 0) is 9.47 Å². The van der Waals surface area contributed by atoms with Crippen LogP contribution in [0.25, 0.3) is 33.2 Å². The van der Waals surface area contributed by atoms with Gasteiger partial charge in [-0.2, -0.15) is 10.5 Å². The first-order chi connectivity index (χ1) is 30.4. The van der Waals surface area contributed by atoms with Gasteiger partial charge in [-0.3, -0.25) is 5.32 Å². The summed E-state index contributed by atoms with van der Waals surface area (Å²) in [6.45, 7) is 16.7. The van der Waals surface area contributed by atoms with Crippen molar-refractivity contribution in [2.45, 2.75) is 54.4 Å². The maximum atomic E-state index is 11.8. The Morgan fingerprint density at radius 1 is 0.698 bits per heavy atom. The first-order valence-electron chi connectivity index (χ1n) is 20.7. The molecule has 0 unspecified atom stereocenters. The Bertz CT molecular complexity index is 2370. The highest BCUT2D eigenvalue weighted by Crippen LogP contribution is 2.29.